The highest BCUT2D eigenvalue weighted by molar-refractivity contribution is 5.67. The summed E-state index contributed by atoms with van der Waals surface area (Å²) in [6.45, 7) is 6.57. The van der Waals surface area contributed by atoms with Gasteiger partial charge in [-0.3, -0.25) is 9.58 Å². The van der Waals surface area contributed by atoms with E-state index in [1.54, 1.807) is 35.3 Å². The molecule has 6 rings (SSSR count). The molecule has 1 saturated carbocycles. The van der Waals surface area contributed by atoms with Gasteiger partial charge < -0.3 is 24.3 Å². The van der Waals surface area contributed by atoms with Gasteiger partial charge in [0.25, 0.3) is 5.88 Å². The van der Waals surface area contributed by atoms with E-state index < -0.39 is 12.8 Å². The second-order valence-corrected chi connectivity index (χ2v) is 13.2. The van der Waals surface area contributed by atoms with Gasteiger partial charge in [0.1, 0.15) is 43.2 Å². The fraction of sp³-hybridized carbons (Fsp3) is 0.559. The second-order valence-electron chi connectivity index (χ2n) is 13.2. The number of nitrogens with one attached hydrogen (secondary N) is 1. The number of anilines is 2. The predicted molar refractivity (Wildman–Crippen MR) is 181 cm³/mol. The molecular weight excluding hydrogens is 683 g/mol. The molecule has 1 saturated heterocycles. The minimum absolute atomic E-state index is 0.123. The molecule has 4 aromatic rings. The first-order valence-electron chi connectivity index (χ1n) is 17.3. The Morgan fingerprint density at radius 2 is 1.77 bits per heavy atom. The lowest BCUT2D eigenvalue weighted by Gasteiger charge is -2.42. The molecule has 0 bridgehead atoms. The van der Waals surface area contributed by atoms with E-state index in [1.165, 1.54) is 6.33 Å². The van der Waals surface area contributed by atoms with Crippen molar-refractivity contribution >= 4 is 11.6 Å². The van der Waals surface area contributed by atoms with Crippen LogP contribution in [0.3, 0.4) is 0 Å². The summed E-state index contributed by atoms with van der Waals surface area (Å²) in [6, 6.07) is 7.97. The molecule has 0 unspecified atom stereocenters. The lowest BCUT2D eigenvalue weighted by molar-refractivity contribution is -0.175. The van der Waals surface area contributed by atoms with Gasteiger partial charge in [0, 0.05) is 37.1 Å². The van der Waals surface area contributed by atoms with Crippen molar-refractivity contribution < 1.29 is 32.1 Å². The molecule has 4 heterocycles. The van der Waals surface area contributed by atoms with E-state index in [0.29, 0.717) is 35.2 Å². The van der Waals surface area contributed by atoms with Crippen LogP contribution < -0.4 is 14.8 Å². The van der Waals surface area contributed by atoms with E-state index in [-0.39, 0.29) is 49.4 Å². The van der Waals surface area contributed by atoms with Crippen LogP contribution in [0, 0.1) is 11.3 Å². The van der Waals surface area contributed by atoms with Crippen molar-refractivity contribution in [3.63, 3.8) is 0 Å². The molecule has 52 heavy (non-hydrogen) atoms. The Labute approximate surface area is 299 Å². The van der Waals surface area contributed by atoms with Crippen LogP contribution in [0.5, 0.6) is 11.6 Å². The summed E-state index contributed by atoms with van der Waals surface area (Å²) in [5.74, 6) is 0.881. The first kappa shape index (κ1) is 36.9. The number of morpholine rings is 1. The van der Waals surface area contributed by atoms with Crippen molar-refractivity contribution in [2.75, 3.05) is 38.2 Å². The maximum Gasteiger partial charge on any atom is 0.411 e. The lowest BCUT2D eigenvalue weighted by Crippen LogP contribution is -2.51. The zero-order valence-corrected chi connectivity index (χ0v) is 29.2. The monoisotopic (exact) mass is 725 g/mol. The topological polar surface area (TPSA) is 163 Å². The quantitative estimate of drug-likeness (QED) is 0.174. The van der Waals surface area contributed by atoms with E-state index in [4.69, 9.17) is 18.9 Å². The third-order valence-electron chi connectivity index (χ3n) is 8.93. The molecule has 18 heteroatoms. The van der Waals surface area contributed by atoms with E-state index in [2.05, 4.69) is 60.7 Å². The second kappa shape index (κ2) is 16.7. The summed E-state index contributed by atoms with van der Waals surface area (Å²) in [4.78, 5) is 11.5. The Hall–Kier alpha value is -4.86. The van der Waals surface area contributed by atoms with Crippen molar-refractivity contribution in [2.45, 2.75) is 89.6 Å². The summed E-state index contributed by atoms with van der Waals surface area (Å²) in [7, 11) is 0. The molecule has 0 spiro atoms. The summed E-state index contributed by atoms with van der Waals surface area (Å²) >= 11 is 0. The molecule has 0 radical (unpaired) electrons. The minimum atomic E-state index is -4.42. The smallest absolute Gasteiger partial charge is 0.411 e. The molecule has 1 aromatic carbocycles. The van der Waals surface area contributed by atoms with Crippen LogP contribution >= 0.6 is 0 Å². The number of halogens is 3. The number of nitrogens with zero attached hydrogens (tertiary/aromatic N) is 10. The lowest BCUT2D eigenvalue weighted by atomic mass is 9.89. The SMILES string of the molecule is C[C@@H]1CN(C2CCC(n3cc(Nc4ncc(-c5ccc(C#N)c(O[C@@H](C)Cn6cnnn6)c5)cn4)c(OCCOCC(F)(F)F)n3)CC2)C[C@H](C)O1. The zero-order valence-electron chi connectivity index (χ0n) is 29.2. The van der Waals surface area contributed by atoms with Crippen molar-refractivity contribution in [1.82, 2.24) is 44.9 Å². The molecule has 1 aliphatic heterocycles. The molecular formula is C34H42F3N11O4. The number of hydrogen-bond acceptors (Lipinski definition) is 13. The van der Waals surface area contributed by atoms with Crippen LogP contribution in [0.25, 0.3) is 11.1 Å². The van der Waals surface area contributed by atoms with Crippen molar-refractivity contribution in [2.24, 2.45) is 0 Å². The average molecular weight is 726 g/mol. The molecule has 3 atom stereocenters. The van der Waals surface area contributed by atoms with Crippen molar-refractivity contribution in [3.8, 4) is 28.8 Å². The summed E-state index contributed by atoms with van der Waals surface area (Å²) < 4.78 is 63.6. The van der Waals surface area contributed by atoms with Gasteiger partial charge in [-0.1, -0.05) is 6.07 Å². The van der Waals surface area contributed by atoms with Crippen LogP contribution in [0.1, 0.15) is 58.1 Å². The minimum Gasteiger partial charge on any atom is -0.487 e. The molecule has 3 aromatic heterocycles. The number of hydrogen-bond donors (Lipinski definition) is 1. The summed E-state index contributed by atoms with van der Waals surface area (Å²) in [5.41, 5.74) is 2.27. The zero-order chi connectivity index (χ0) is 36.7. The van der Waals surface area contributed by atoms with Crippen LogP contribution in [-0.4, -0.2) is 108 Å². The Balaban J connectivity index is 1.13. The number of ether oxygens (including phenoxy) is 4. The van der Waals surface area contributed by atoms with Crippen LogP contribution in [-0.2, 0) is 16.0 Å². The van der Waals surface area contributed by atoms with Gasteiger partial charge in [-0.25, -0.2) is 14.6 Å². The highest BCUT2D eigenvalue weighted by Gasteiger charge is 2.32. The Bertz CT molecular complexity index is 1760. The number of nitriles is 1. The maximum absolute atomic E-state index is 12.6. The van der Waals surface area contributed by atoms with Gasteiger partial charge in [0.05, 0.1) is 43.2 Å². The average Bonchev–Trinajstić information content (AvgIpc) is 3.77. The van der Waals surface area contributed by atoms with E-state index in [9.17, 15) is 18.4 Å². The Kier molecular flexibility index (Phi) is 11.8. The van der Waals surface area contributed by atoms with Crippen LogP contribution in [0.15, 0.2) is 43.1 Å². The van der Waals surface area contributed by atoms with E-state index >= 15 is 0 Å². The fourth-order valence-corrected chi connectivity index (χ4v) is 6.68. The molecule has 2 aliphatic rings. The first-order chi connectivity index (χ1) is 25.0. The van der Waals surface area contributed by atoms with Gasteiger partial charge >= 0.3 is 6.18 Å². The summed E-state index contributed by atoms with van der Waals surface area (Å²) in [6.07, 6.45) is 6.10. The van der Waals surface area contributed by atoms with Crippen molar-refractivity contribution in [3.05, 3.63) is 48.7 Å². The number of alkyl halides is 3. The Morgan fingerprint density at radius 3 is 2.44 bits per heavy atom. The van der Waals surface area contributed by atoms with Gasteiger partial charge in [-0.2, -0.15) is 18.4 Å². The molecule has 278 valence electrons. The number of benzene rings is 1. The molecule has 0 amide bonds. The third kappa shape index (κ3) is 9.92. The van der Waals surface area contributed by atoms with Gasteiger partial charge in [0.15, 0.2) is 0 Å². The molecule has 1 aliphatic carbocycles. The molecule has 2 fully saturated rings. The normalized spacial score (nSPS) is 21.7. The maximum atomic E-state index is 12.6. The van der Waals surface area contributed by atoms with E-state index in [0.717, 1.165) is 44.3 Å². The van der Waals surface area contributed by atoms with Crippen molar-refractivity contribution in [1.29, 1.82) is 5.26 Å². The van der Waals surface area contributed by atoms with Crippen LogP contribution in [0.4, 0.5) is 24.8 Å². The third-order valence-corrected chi connectivity index (χ3v) is 8.93. The predicted octanol–water partition coefficient (Wildman–Crippen LogP) is 4.96. The standard InChI is InChI=1S/C34H42F3N11O4/c1-22-16-46(17-23(2)51-22)28-6-8-29(9-7-28)48-19-30(32(43-48)50-11-10-49-20-34(35,36)37)42-33-39-14-27(15-40-33)25-4-5-26(13-38)31(12-25)52-24(3)18-47-21-41-44-45-47/h4-5,12,14-15,19,21-24,28-29H,6-11,16-18,20H2,1-3H3,(H,39,40,42)/t22-,23+,24-,28?,29?/m0/s1. The van der Waals surface area contributed by atoms with Gasteiger partial charge in [-0.05, 0) is 74.6 Å². The van der Waals surface area contributed by atoms with Gasteiger partial charge in [0.2, 0.25) is 5.95 Å². The highest BCUT2D eigenvalue weighted by Crippen LogP contribution is 2.35. The number of rotatable bonds is 14. The van der Waals surface area contributed by atoms with Gasteiger partial charge in [-0.15, -0.1) is 10.2 Å². The summed E-state index contributed by atoms with van der Waals surface area (Å²) in [5, 5.41) is 28.6. The van der Waals surface area contributed by atoms with E-state index in [1.807, 2.05) is 17.8 Å². The number of aromatic nitrogens is 8. The molecule has 1 N–H and O–H groups in total. The van der Waals surface area contributed by atoms with Crippen LogP contribution in [0.2, 0.25) is 0 Å². The number of tetrazole rings is 1. The molecule has 15 nitrogen and oxygen atoms in total. The largest absolute Gasteiger partial charge is 0.487 e. The highest BCUT2D eigenvalue weighted by atomic mass is 19.4. The first-order valence-corrected chi connectivity index (χ1v) is 17.3. The fourth-order valence-electron chi connectivity index (χ4n) is 6.68. The Morgan fingerprint density at radius 1 is 1.04 bits per heavy atom.